The summed E-state index contributed by atoms with van der Waals surface area (Å²) in [6.07, 6.45) is 1.51. The van der Waals surface area contributed by atoms with Gasteiger partial charge in [0.1, 0.15) is 0 Å². The van der Waals surface area contributed by atoms with Gasteiger partial charge in [0, 0.05) is 22.6 Å². The summed E-state index contributed by atoms with van der Waals surface area (Å²) in [6.45, 7) is 5.92. The van der Waals surface area contributed by atoms with Crippen LogP contribution < -0.4 is 0 Å². The van der Waals surface area contributed by atoms with Crippen LogP contribution in [0, 0.1) is 13.8 Å². The van der Waals surface area contributed by atoms with Crippen molar-refractivity contribution in [1.29, 1.82) is 0 Å². The van der Waals surface area contributed by atoms with E-state index in [1.165, 1.54) is 6.21 Å². The van der Waals surface area contributed by atoms with Gasteiger partial charge in [-0.25, -0.2) is 4.79 Å². The second-order valence-electron chi connectivity index (χ2n) is 7.14. The van der Waals surface area contributed by atoms with Gasteiger partial charge < -0.3 is 9.30 Å². The third-order valence-corrected chi connectivity index (χ3v) is 5.17. The standard InChI is InChI=1S/C24H21N3O4/c1-4-31-24(30)17-8-7-9-19(13-17)26-15(2)12-18(16(26)3)14-25-27-22(28)20-10-5-6-11-21(20)23(27)29/h5-14H,4H2,1-3H3. The summed E-state index contributed by atoms with van der Waals surface area (Å²) >= 11 is 0. The van der Waals surface area contributed by atoms with Gasteiger partial charge in [-0.2, -0.15) is 10.1 Å². The molecule has 4 rings (SSSR count). The van der Waals surface area contributed by atoms with E-state index in [0.29, 0.717) is 23.3 Å². The number of benzene rings is 2. The molecule has 0 aliphatic carbocycles. The Bertz CT molecular complexity index is 1200. The second-order valence-corrected chi connectivity index (χ2v) is 7.14. The Morgan fingerprint density at radius 3 is 2.32 bits per heavy atom. The Morgan fingerprint density at radius 2 is 1.68 bits per heavy atom. The molecule has 1 aliphatic rings. The largest absolute Gasteiger partial charge is 0.462 e. The average molecular weight is 415 g/mol. The summed E-state index contributed by atoms with van der Waals surface area (Å²) < 4.78 is 7.07. The summed E-state index contributed by atoms with van der Waals surface area (Å²) in [5.41, 5.74) is 4.52. The van der Waals surface area contributed by atoms with E-state index >= 15 is 0 Å². The normalized spacial score (nSPS) is 13.2. The molecule has 7 heteroatoms. The Balaban J connectivity index is 1.64. The minimum atomic E-state index is -0.437. The molecule has 3 aromatic rings. The molecular weight excluding hydrogens is 394 g/mol. The van der Waals surface area contributed by atoms with Crippen molar-refractivity contribution < 1.29 is 19.1 Å². The lowest BCUT2D eigenvalue weighted by atomic mass is 10.1. The zero-order chi connectivity index (χ0) is 22.1. The number of hydrogen-bond acceptors (Lipinski definition) is 5. The molecule has 2 heterocycles. The number of esters is 1. The van der Waals surface area contributed by atoms with E-state index in [1.54, 1.807) is 49.4 Å². The minimum Gasteiger partial charge on any atom is -0.462 e. The van der Waals surface area contributed by atoms with Crippen molar-refractivity contribution in [3.63, 3.8) is 0 Å². The molecule has 0 bridgehead atoms. The van der Waals surface area contributed by atoms with E-state index in [-0.39, 0.29) is 5.97 Å². The summed E-state index contributed by atoms with van der Waals surface area (Å²) in [5, 5.41) is 5.06. The fourth-order valence-corrected chi connectivity index (χ4v) is 3.70. The maximum atomic E-state index is 12.5. The molecule has 2 amide bonds. The maximum absolute atomic E-state index is 12.5. The van der Waals surface area contributed by atoms with E-state index in [2.05, 4.69) is 5.10 Å². The van der Waals surface area contributed by atoms with Crippen molar-refractivity contribution in [2.24, 2.45) is 5.10 Å². The van der Waals surface area contributed by atoms with Crippen LogP contribution in [0.4, 0.5) is 0 Å². The van der Waals surface area contributed by atoms with Crippen LogP contribution in [0.5, 0.6) is 0 Å². The Labute approximate surface area is 179 Å². The van der Waals surface area contributed by atoms with Crippen LogP contribution in [-0.2, 0) is 4.74 Å². The first-order valence-electron chi connectivity index (χ1n) is 9.90. The average Bonchev–Trinajstić information content (AvgIpc) is 3.19. The van der Waals surface area contributed by atoms with Crippen LogP contribution in [0.2, 0.25) is 0 Å². The first-order valence-corrected chi connectivity index (χ1v) is 9.90. The highest BCUT2D eigenvalue weighted by molar-refractivity contribution is 6.21. The van der Waals surface area contributed by atoms with E-state index in [1.807, 2.05) is 30.5 Å². The fourth-order valence-electron chi connectivity index (χ4n) is 3.70. The van der Waals surface area contributed by atoms with Gasteiger partial charge >= 0.3 is 5.97 Å². The Kier molecular flexibility index (Phi) is 5.25. The number of ether oxygens (including phenoxy) is 1. The molecular formula is C24H21N3O4. The maximum Gasteiger partial charge on any atom is 0.338 e. The summed E-state index contributed by atoms with van der Waals surface area (Å²) in [6, 6.07) is 15.8. The van der Waals surface area contributed by atoms with Crippen molar-refractivity contribution in [2.45, 2.75) is 20.8 Å². The highest BCUT2D eigenvalue weighted by Crippen LogP contribution is 2.24. The molecule has 0 fully saturated rings. The van der Waals surface area contributed by atoms with E-state index < -0.39 is 11.8 Å². The van der Waals surface area contributed by atoms with Gasteiger partial charge in [0.05, 0.1) is 29.5 Å². The number of carbonyl (C=O) groups excluding carboxylic acids is 3. The lowest BCUT2D eigenvalue weighted by Gasteiger charge is -2.11. The number of fused-ring (bicyclic) bond motifs is 1. The van der Waals surface area contributed by atoms with Gasteiger partial charge in [0.2, 0.25) is 0 Å². The summed E-state index contributed by atoms with van der Waals surface area (Å²) in [4.78, 5) is 37.1. The van der Waals surface area contributed by atoms with Crippen molar-refractivity contribution in [2.75, 3.05) is 6.61 Å². The summed E-state index contributed by atoms with van der Waals surface area (Å²) in [5.74, 6) is -1.25. The van der Waals surface area contributed by atoms with Crippen molar-refractivity contribution >= 4 is 24.0 Å². The van der Waals surface area contributed by atoms with E-state index in [0.717, 1.165) is 27.6 Å². The lowest BCUT2D eigenvalue weighted by molar-refractivity contribution is 0.0525. The summed E-state index contributed by atoms with van der Waals surface area (Å²) in [7, 11) is 0. The van der Waals surface area contributed by atoms with Gasteiger partial charge in [-0.15, -0.1) is 0 Å². The zero-order valence-corrected chi connectivity index (χ0v) is 17.5. The van der Waals surface area contributed by atoms with Gasteiger partial charge in [-0.1, -0.05) is 18.2 Å². The molecule has 0 saturated carbocycles. The SMILES string of the molecule is CCOC(=O)c1cccc(-n2c(C)cc(C=NN3C(=O)c4ccccc4C3=O)c2C)c1. The molecule has 1 aliphatic heterocycles. The van der Waals surface area contributed by atoms with Crippen LogP contribution in [0.1, 0.15) is 54.9 Å². The third kappa shape index (κ3) is 3.54. The third-order valence-electron chi connectivity index (χ3n) is 5.17. The smallest absolute Gasteiger partial charge is 0.338 e. The van der Waals surface area contributed by atoms with Gasteiger partial charge in [-0.3, -0.25) is 9.59 Å². The number of carbonyl (C=O) groups is 3. The molecule has 0 unspecified atom stereocenters. The number of amides is 2. The number of aryl methyl sites for hydroxylation is 1. The first-order chi connectivity index (χ1) is 14.9. The molecule has 0 radical (unpaired) electrons. The molecule has 0 spiro atoms. The zero-order valence-electron chi connectivity index (χ0n) is 17.5. The lowest BCUT2D eigenvalue weighted by Crippen LogP contribution is -2.24. The van der Waals surface area contributed by atoms with E-state index in [9.17, 15) is 14.4 Å². The number of aromatic nitrogens is 1. The topological polar surface area (TPSA) is 81.0 Å². The Hall–Kier alpha value is -4.00. The number of imide groups is 1. The number of hydrazone groups is 1. The van der Waals surface area contributed by atoms with Crippen LogP contribution >= 0.6 is 0 Å². The molecule has 31 heavy (non-hydrogen) atoms. The molecule has 0 saturated heterocycles. The minimum absolute atomic E-state index is 0.309. The first kappa shape index (κ1) is 20.3. The van der Waals surface area contributed by atoms with Crippen LogP contribution in [0.25, 0.3) is 5.69 Å². The molecule has 1 aromatic heterocycles. The predicted octanol–water partition coefficient (Wildman–Crippen LogP) is 3.90. The molecule has 156 valence electrons. The highest BCUT2D eigenvalue weighted by atomic mass is 16.5. The van der Waals surface area contributed by atoms with E-state index in [4.69, 9.17) is 4.74 Å². The van der Waals surface area contributed by atoms with Gasteiger partial charge in [0.25, 0.3) is 11.8 Å². The predicted molar refractivity (Wildman–Crippen MR) is 116 cm³/mol. The number of nitrogens with zero attached hydrogens (tertiary/aromatic N) is 3. The second kappa shape index (κ2) is 8.02. The quantitative estimate of drug-likeness (QED) is 0.360. The molecule has 0 atom stereocenters. The molecule has 0 N–H and O–H groups in total. The molecule has 7 nitrogen and oxygen atoms in total. The Morgan fingerprint density at radius 1 is 1.00 bits per heavy atom. The van der Waals surface area contributed by atoms with Crippen molar-refractivity contribution in [3.8, 4) is 5.69 Å². The monoisotopic (exact) mass is 415 g/mol. The van der Waals surface area contributed by atoms with Crippen molar-refractivity contribution in [3.05, 3.63) is 88.2 Å². The van der Waals surface area contributed by atoms with Gasteiger partial charge in [-0.05, 0) is 57.2 Å². The van der Waals surface area contributed by atoms with Crippen LogP contribution in [0.15, 0.2) is 59.7 Å². The molecule has 2 aromatic carbocycles. The number of hydrogen-bond donors (Lipinski definition) is 0. The fraction of sp³-hybridized carbons (Fsp3) is 0.167. The van der Waals surface area contributed by atoms with Crippen molar-refractivity contribution in [1.82, 2.24) is 9.58 Å². The van der Waals surface area contributed by atoms with Crippen LogP contribution in [-0.4, -0.2) is 40.2 Å². The van der Waals surface area contributed by atoms with Crippen LogP contribution in [0.3, 0.4) is 0 Å². The highest BCUT2D eigenvalue weighted by Gasteiger charge is 2.35. The number of rotatable bonds is 5. The van der Waals surface area contributed by atoms with Gasteiger partial charge in [0.15, 0.2) is 0 Å².